The number of esters is 1. The van der Waals surface area contributed by atoms with Crippen LogP contribution in [0.3, 0.4) is 0 Å². The van der Waals surface area contributed by atoms with Gasteiger partial charge in [-0.15, -0.1) is 0 Å². The van der Waals surface area contributed by atoms with Crippen LogP contribution in [-0.4, -0.2) is 32.2 Å². The number of fused-ring (bicyclic) bond motifs is 1. The molecule has 1 aromatic carbocycles. The molecule has 4 aromatic rings. The number of pyridine rings is 1. The molecule has 4 rings (SSSR count). The van der Waals surface area contributed by atoms with Crippen molar-refractivity contribution in [3.63, 3.8) is 0 Å². The molecule has 0 saturated carbocycles. The highest BCUT2D eigenvalue weighted by Crippen LogP contribution is 2.21. The molecular weight excluding hydrogens is 344 g/mol. The molecule has 0 bridgehead atoms. The maximum Gasteiger partial charge on any atom is 0.363 e. The van der Waals surface area contributed by atoms with Crippen molar-refractivity contribution in [3.8, 4) is 11.4 Å². The summed E-state index contributed by atoms with van der Waals surface area (Å²) in [5.41, 5.74) is 3.54. The minimum absolute atomic E-state index is 0.0565. The lowest BCUT2D eigenvalue weighted by atomic mass is 10.3. The summed E-state index contributed by atoms with van der Waals surface area (Å²) in [6.07, 6.45) is 5.47. The zero-order chi connectivity index (χ0) is 18.8. The summed E-state index contributed by atoms with van der Waals surface area (Å²) in [7, 11) is 1.49. The number of imidazole rings is 1. The molecule has 0 fully saturated rings. The van der Waals surface area contributed by atoms with E-state index in [1.165, 1.54) is 7.11 Å². The summed E-state index contributed by atoms with van der Waals surface area (Å²) in [5, 5.41) is 4.31. The van der Waals surface area contributed by atoms with Crippen LogP contribution in [0.2, 0.25) is 0 Å². The van der Waals surface area contributed by atoms with Gasteiger partial charge in [0.1, 0.15) is 12.3 Å². The number of hydrogen-bond donors (Lipinski definition) is 0. The van der Waals surface area contributed by atoms with Crippen LogP contribution < -0.4 is 4.74 Å². The number of carbonyl (C=O) groups excluding carboxylic acids is 1. The molecule has 27 heavy (non-hydrogen) atoms. The number of benzene rings is 1. The number of methoxy groups -OCH3 is 1. The Labute approximate surface area is 155 Å². The van der Waals surface area contributed by atoms with Crippen molar-refractivity contribution in [2.24, 2.45) is 0 Å². The van der Waals surface area contributed by atoms with Gasteiger partial charge in [-0.25, -0.2) is 14.5 Å². The number of rotatable bonds is 5. The normalized spacial score (nSPS) is 10.9. The fourth-order valence-electron chi connectivity index (χ4n) is 2.79. The van der Waals surface area contributed by atoms with Crippen molar-refractivity contribution >= 4 is 11.6 Å². The monoisotopic (exact) mass is 362 g/mol. The van der Waals surface area contributed by atoms with Gasteiger partial charge in [-0.05, 0) is 30.7 Å². The van der Waals surface area contributed by atoms with Gasteiger partial charge < -0.3 is 13.9 Å². The van der Waals surface area contributed by atoms with Gasteiger partial charge in [0.05, 0.1) is 24.7 Å². The Hall–Kier alpha value is -3.61. The van der Waals surface area contributed by atoms with Gasteiger partial charge in [-0.3, -0.25) is 0 Å². The van der Waals surface area contributed by atoms with E-state index < -0.39 is 5.97 Å². The number of para-hydroxylation sites is 1. The van der Waals surface area contributed by atoms with Gasteiger partial charge in [-0.1, -0.05) is 24.3 Å². The van der Waals surface area contributed by atoms with E-state index in [-0.39, 0.29) is 12.3 Å². The quantitative estimate of drug-likeness (QED) is 0.510. The van der Waals surface area contributed by atoms with E-state index in [2.05, 4.69) is 10.1 Å². The Morgan fingerprint density at radius 1 is 1.07 bits per heavy atom. The number of ether oxygens (including phenoxy) is 2. The Bertz CT molecular complexity index is 1100. The highest BCUT2D eigenvalue weighted by molar-refractivity contribution is 5.90. The number of carbonyl (C=O) groups is 1. The number of aromatic nitrogens is 4. The molecular formula is C20H18N4O3. The molecule has 0 amide bonds. The lowest BCUT2D eigenvalue weighted by Crippen LogP contribution is -2.08. The predicted molar refractivity (Wildman–Crippen MR) is 99.2 cm³/mol. The summed E-state index contributed by atoms with van der Waals surface area (Å²) < 4.78 is 14.2. The van der Waals surface area contributed by atoms with E-state index in [1.807, 2.05) is 66.2 Å². The molecule has 0 unspecified atom stereocenters. The van der Waals surface area contributed by atoms with Crippen LogP contribution in [-0.2, 0) is 11.3 Å². The van der Waals surface area contributed by atoms with Crippen molar-refractivity contribution in [3.05, 3.63) is 78.0 Å². The minimum atomic E-state index is -0.560. The van der Waals surface area contributed by atoms with Crippen LogP contribution >= 0.6 is 0 Å². The molecule has 0 N–H and O–H groups in total. The van der Waals surface area contributed by atoms with E-state index in [0.717, 1.165) is 16.9 Å². The summed E-state index contributed by atoms with van der Waals surface area (Å²) in [6.45, 7) is 2.06. The van der Waals surface area contributed by atoms with Crippen molar-refractivity contribution in [2.45, 2.75) is 13.5 Å². The Balaban J connectivity index is 1.52. The maximum atomic E-state index is 12.5. The van der Waals surface area contributed by atoms with Crippen LogP contribution in [0.1, 0.15) is 21.7 Å². The average molecular weight is 362 g/mol. The van der Waals surface area contributed by atoms with Crippen LogP contribution in [0.15, 0.2) is 61.1 Å². The van der Waals surface area contributed by atoms with Crippen molar-refractivity contribution in [1.29, 1.82) is 0 Å². The fraction of sp³-hybridized carbons (Fsp3) is 0.150. The third kappa shape index (κ3) is 3.39. The third-order valence-electron chi connectivity index (χ3n) is 4.11. The summed E-state index contributed by atoms with van der Waals surface area (Å²) >= 11 is 0. The molecule has 0 aliphatic rings. The summed E-state index contributed by atoms with van der Waals surface area (Å²) in [4.78, 5) is 16.9. The third-order valence-corrected chi connectivity index (χ3v) is 4.11. The molecule has 0 radical (unpaired) electrons. The van der Waals surface area contributed by atoms with Crippen LogP contribution in [0.25, 0.3) is 11.3 Å². The zero-order valence-corrected chi connectivity index (χ0v) is 15.0. The second-order valence-corrected chi connectivity index (χ2v) is 6.11. The number of aryl methyl sites for hydroxylation is 1. The topological polar surface area (TPSA) is 70.7 Å². The van der Waals surface area contributed by atoms with Gasteiger partial charge in [0, 0.05) is 12.4 Å². The fourth-order valence-corrected chi connectivity index (χ4v) is 2.79. The second kappa shape index (κ2) is 6.95. The van der Waals surface area contributed by atoms with E-state index >= 15 is 0 Å². The van der Waals surface area contributed by atoms with Crippen LogP contribution in [0, 0.1) is 6.92 Å². The molecule has 0 spiro atoms. The van der Waals surface area contributed by atoms with Crippen molar-refractivity contribution < 1.29 is 14.3 Å². The Morgan fingerprint density at radius 2 is 1.89 bits per heavy atom. The van der Waals surface area contributed by atoms with Gasteiger partial charge in [0.2, 0.25) is 5.69 Å². The zero-order valence-electron chi connectivity index (χ0n) is 15.0. The van der Waals surface area contributed by atoms with Crippen molar-refractivity contribution in [1.82, 2.24) is 19.2 Å². The maximum absolute atomic E-state index is 12.5. The Morgan fingerprint density at radius 3 is 2.67 bits per heavy atom. The molecule has 136 valence electrons. The SMILES string of the molecule is COc1cn(-c2ccccc2)nc1C(=O)OCc1cn2cc(C)ccc2n1. The van der Waals surface area contributed by atoms with E-state index in [0.29, 0.717) is 11.4 Å². The highest BCUT2D eigenvalue weighted by Gasteiger charge is 2.20. The van der Waals surface area contributed by atoms with E-state index in [9.17, 15) is 4.79 Å². The van der Waals surface area contributed by atoms with Gasteiger partial charge in [0.25, 0.3) is 0 Å². The van der Waals surface area contributed by atoms with Crippen LogP contribution in [0.5, 0.6) is 5.75 Å². The first kappa shape index (κ1) is 16.8. The molecule has 0 aliphatic carbocycles. The van der Waals surface area contributed by atoms with Gasteiger partial charge in [0.15, 0.2) is 5.75 Å². The first-order chi connectivity index (χ1) is 13.1. The number of nitrogens with zero attached hydrogens (tertiary/aromatic N) is 4. The molecule has 7 nitrogen and oxygen atoms in total. The summed E-state index contributed by atoms with van der Waals surface area (Å²) in [6, 6.07) is 13.4. The average Bonchev–Trinajstić information content (AvgIpc) is 3.30. The lowest BCUT2D eigenvalue weighted by molar-refractivity contribution is 0.0457. The smallest absolute Gasteiger partial charge is 0.363 e. The molecule has 3 aromatic heterocycles. The van der Waals surface area contributed by atoms with Crippen LogP contribution in [0.4, 0.5) is 0 Å². The largest absolute Gasteiger partial charge is 0.493 e. The molecule has 3 heterocycles. The molecule has 0 saturated heterocycles. The van der Waals surface area contributed by atoms with Gasteiger partial charge in [-0.2, -0.15) is 5.10 Å². The molecule has 0 aliphatic heterocycles. The predicted octanol–water partition coefficient (Wildman–Crippen LogP) is 3.19. The second-order valence-electron chi connectivity index (χ2n) is 6.11. The molecule has 7 heteroatoms. The molecule has 0 atom stereocenters. The van der Waals surface area contributed by atoms with Crippen molar-refractivity contribution in [2.75, 3.05) is 7.11 Å². The standard InChI is InChI=1S/C20H18N4O3/c1-14-8-9-18-21-15(11-23(18)10-14)13-27-20(25)19-17(26-2)12-24(22-19)16-6-4-3-5-7-16/h3-12H,13H2,1-2H3. The van der Waals surface area contributed by atoms with E-state index in [4.69, 9.17) is 9.47 Å². The minimum Gasteiger partial charge on any atom is -0.493 e. The number of hydrogen-bond acceptors (Lipinski definition) is 5. The Kier molecular flexibility index (Phi) is 4.33. The highest BCUT2D eigenvalue weighted by atomic mass is 16.5. The first-order valence-electron chi connectivity index (χ1n) is 8.44. The van der Waals surface area contributed by atoms with E-state index in [1.54, 1.807) is 10.9 Å². The lowest BCUT2D eigenvalue weighted by Gasteiger charge is -2.02. The summed E-state index contributed by atoms with van der Waals surface area (Å²) in [5.74, 6) is -0.204. The first-order valence-corrected chi connectivity index (χ1v) is 8.44. The van der Waals surface area contributed by atoms with Gasteiger partial charge >= 0.3 is 5.97 Å².